The zero-order valence-corrected chi connectivity index (χ0v) is 15.6. The number of benzene rings is 1. The van der Waals surface area contributed by atoms with Crippen molar-refractivity contribution < 1.29 is 0 Å². The minimum atomic E-state index is 0.121. The Hall–Kier alpha value is -2.22. The van der Waals surface area contributed by atoms with Gasteiger partial charge in [0.25, 0.3) is 0 Å². The van der Waals surface area contributed by atoms with Gasteiger partial charge >= 0.3 is 0 Å². The average Bonchev–Trinajstić information content (AvgIpc) is 3.15. The molecule has 0 fully saturated rings. The van der Waals surface area contributed by atoms with Gasteiger partial charge in [0, 0.05) is 18.1 Å². The molecule has 1 aromatic carbocycles. The van der Waals surface area contributed by atoms with E-state index in [2.05, 4.69) is 93.7 Å². The average molecular weight is 320 g/mol. The summed E-state index contributed by atoms with van der Waals surface area (Å²) in [6.45, 7) is 13.7. The highest BCUT2D eigenvalue weighted by Gasteiger charge is 2.21. The van der Waals surface area contributed by atoms with Crippen molar-refractivity contribution in [2.24, 2.45) is 0 Å². The van der Waals surface area contributed by atoms with Gasteiger partial charge in [0.05, 0.1) is 11.4 Å². The van der Waals surface area contributed by atoms with E-state index in [1.165, 1.54) is 22.5 Å². The summed E-state index contributed by atoms with van der Waals surface area (Å²) < 4.78 is 2.27. The lowest BCUT2D eigenvalue weighted by Crippen LogP contribution is -2.17. The van der Waals surface area contributed by atoms with Crippen molar-refractivity contribution in [1.29, 1.82) is 0 Å². The van der Waals surface area contributed by atoms with E-state index in [9.17, 15) is 0 Å². The lowest BCUT2D eigenvalue weighted by atomic mass is 9.80. The maximum atomic E-state index is 3.32. The van der Waals surface area contributed by atoms with E-state index in [1.807, 2.05) is 12.3 Å². The summed E-state index contributed by atoms with van der Waals surface area (Å²) in [4.78, 5) is 3.32. The first kappa shape index (κ1) is 16.6. The summed E-state index contributed by atoms with van der Waals surface area (Å²) >= 11 is 0. The van der Waals surface area contributed by atoms with Crippen LogP contribution in [0.5, 0.6) is 0 Å². The lowest BCUT2D eigenvalue weighted by Gasteiger charge is -2.26. The third-order valence-corrected chi connectivity index (χ3v) is 4.55. The number of aromatic nitrogens is 2. The third-order valence-electron chi connectivity index (χ3n) is 4.55. The van der Waals surface area contributed by atoms with Gasteiger partial charge in [-0.3, -0.25) is 0 Å². The summed E-state index contributed by atoms with van der Waals surface area (Å²) in [5, 5.41) is 0. The third kappa shape index (κ3) is 3.19. The molecule has 0 bridgehead atoms. The maximum Gasteiger partial charge on any atom is 0.0691 e. The van der Waals surface area contributed by atoms with Gasteiger partial charge < -0.3 is 9.55 Å². The Bertz CT molecular complexity index is 789. The van der Waals surface area contributed by atoms with Crippen molar-refractivity contribution >= 4 is 0 Å². The molecule has 0 atom stereocenters. The highest BCUT2D eigenvalue weighted by Crippen LogP contribution is 2.33. The number of H-pyrrole nitrogens is 1. The maximum absolute atomic E-state index is 3.32. The Morgan fingerprint density at radius 1 is 0.792 bits per heavy atom. The Balaban J connectivity index is 2.20. The highest BCUT2D eigenvalue weighted by atomic mass is 15.0. The normalized spacial score (nSPS) is 12.6. The Morgan fingerprint density at radius 3 is 1.92 bits per heavy atom. The van der Waals surface area contributed by atoms with Crippen LogP contribution in [0.15, 0.2) is 54.9 Å². The van der Waals surface area contributed by atoms with Gasteiger partial charge in [-0.25, -0.2) is 0 Å². The SMILES string of the molecule is CC(C)(C)c1cc(-n2cccc2-c2ccc[nH]2)cc(C(C)(C)C)c1. The molecular weight excluding hydrogens is 292 g/mol. The van der Waals surface area contributed by atoms with Crippen molar-refractivity contribution in [2.45, 2.75) is 52.4 Å². The summed E-state index contributed by atoms with van der Waals surface area (Å²) in [6, 6.07) is 15.4. The Kier molecular flexibility index (Phi) is 3.95. The van der Waals surface area contributed by atoms with Crippen LogP contribution < -0.4 is 0 Å². The van der Waals surface area contributed by atoms with Crippen LogP contribution in [0.3, 0.4) is 0 Å². The van der Waals surface area contributed by atoms with Crippen LogP contribution >= 0.6 is 0 Å². The number of hydrogen-bond donors (Lipinski definition) is 1. The number of rotatable bonds is 2. The Morgan fingerprint density at radius 2 is 1.42 bits per heavy atom. The standard InChI is InChI=1S/C22H28N2/c1-21(2,3)16-13-17(22(4,5)6)15-18(14-16)24-12-8-10-20(24)19-9-7-11-23-19/h7-15,23H,1-6H3. The van der Waals surface area contributed by atoms with Gasteiger partial charge in [0.15, 0.2) is 0 Å². The van der Waals surface area contributed by atoms with Crippen LogP contribution in [0, 0.1) is 0 Å². The molecule has 3 rings (SSSR count). The van der Waals surface area contributed by atoms with Crippen LogP contribution in [0.1, 0.15) is 52.7 Å². The van der Waals surface area contributed by atoms with Gasteiger partial charge in [-0.1, -0.05) is 47.6 Å². The molecule has 0 saturated carbocycles. The molecule has 0 unspecified atom stereocenters. The van der Waals surface area contributed by atoms with E-state index in [1.54, 1.807) is 0 Å². The molecular formula is C22H28N2. The van der Waals surface area contributed by atoms with Crippen molar-refractivity contribution in [3.05, 3.63) is 66.0 Å². The number of nitrogens with one attached hydrogen (secondary N) is 1. The van der Waals surface area contributed by atoms with Gasteiger partial charge in [0.1, 0.15) is 0 Å². The molecule has 2 heteroatoms. The van der Waals surface area contributed by atoms with Gasteiger partial charge in [-0.15, -0.1) is 0 Å². The molecule has 24 heavy (non-hydrogen) atoms. The number of aromatic amines is 1. The molecule has 2 aromatic heterocycles. The molecule has 0 aliphatic carbocycles. The molecule has 0 spiro atoms. The molecule has 0 aliphatic heterocycles. The van der Waals surface area contributed by atoms with E-state index < -0.39 is 0 Å². The summed E-state index contributed by atoms with van der Waals surface area (Å²) in [7, 11) is 0. The van der Waals surface area contributed by atoms with Crippen LogP contribution in [-0.4, -0.2) is 9.55 Å². The van der Waals surface area contributed by atoms with Crippen LogP contribution in [0.25, 0.3) is 17.1 Å². The molecule has 0 radical (unpaired) electrons. The second-order valence-electron chi connectivity index (χ2n) is 8.62. The monoisotopic (exact) mass is 320 g/mol. The lowest BCUT2D eigenvalue weighted by molar-refractivity contribution is 0.568. The predicted molar refractivity (Wildman–Crippen MR) is 103 cm³/mol. The fourth-order valence-corrected chi connectivity index (χ4v) is 2.93. The molecule has 0 saturated heterocycles. The minimum Gasteiger partial charge on any atom is -0.360 e. The van der Waals surface area contributed by atoms with E-state index in [0.717, 1.165) is 5.69 Å². The second kappa shape index (κ2) is 5.70. The van der Waals surface area contributed by atoms with E-state index >= 15 is 0 Å². The molecule has 0 aliphatic rings. The first-order chi connectivity index (χ1) is 11.2. The first-order valence-corrected chi connectivity index (χ1v) is 8.64. The van der Waals surface area contributed by atoms with E-state index in [0.29, 0.717) is 0 Å². The minimum absolute atomic E-state index is 0.121. The summed E-state index contributed by atoms with van der Waals surface area (Å²) in [5.41, 5.74) is 6.53. The molecule has 0 amide bonds. The van der Waals surface area contributed by atoms with Crippen LogP contribution in [0.2, 0.25) is 0 Å². The Labute approximate surface area is 145 Å². The molecule has 3 aromatic rings. The van der Waals surface area contributed by atoms with Crippen LogP contribution in [-0.2, 0) is 10.8 Å². The predicted octanol–water partition coefficient (Wildman–Crippen LogP) is 6.07. The van der Waals surface area contributed by atoms with Gasteiger partial charge in [-0.2, -0.15) is 0 Å². The van der Waals surface area contributed by atoms with E-state index in [4.69, 9.17) is 0 Å². The molecule has 1 N–H and O–H groups in total. The number of nitrogens with zero attached hydrogens (tertiary/aromatic N) is 1. The van der Waals surface area contributed by atoms with Crippen molar-refractivity contribution in [1.82, 2.24) is 9.55 Å². The largest absolute Gasteiger partial charge is 0.360 e. The second-order valence-corrected chi connectivity index (χ2v) is 8.62. The fraction of sp³-hybridized carbons (Fsp3) is 0.364. The van der Waals surface area contributed by atoms with Gasteiger partial charge in [0.2, 0.25) is 0 Å². The zero-order valence-electron chi connectivity index (χ0n) is 15.6. The van der Waals surface area contributed by atoms with E-state index in [-0.39, 0.29) is 10.8 Å². The van der Waals surface area contributed by atoms with Gasteiger partial charge in [-0.05, 0) is 58.4 Å². The molecule has 2 heterocycles. The van der Waals surface area contributed by atoms with Crippen molar-refractivity contribution in [3.8, 4) is 17.1 Å². The molecule has 2 nitrogen and oxygen atoms in total. The van der Waals surface area contributed by atoms with Crippen molar-refractivity contribution in [3.63, 3.8) is 0 Å². The van der Waals surface area contributed by atoms with Crippen molar-refractivity contribution in [2.75, 3.05) is 0 Å². The zero-order chi connectivity index (χ0) is 17.5. The highest BCUT2D eigenvalue weighted by molar-refractivity contribution is 5.60. The summed E-state index contributed by atoms with van der Waals surface area (Å²) in [5.74, 6) is 0. The summed E-state index contributed by atoms with van der Waals surface area (Å²) in [6.07, 6.45) is 4.11. The smallest absolute Gasteiger partial charge is 0.0691 e. The quantitative estimate of drug-likeness (QED) is 0.592. The van der Waals surface area contributed by atoms with Crippen LogP contribution in [0.4, 0.5) is 0 Å². The molecule has 126 valence electrons. The number of hydrogen-bond acceptors (Lipinski definition) is 0. The fourth-order valence-electron chi connectivity index (χ4n) is 2.93. The first-order valence-electron chi connectivity index (χ1n) is 8.64. The topological polar surface area (TPSA) is 20.7 Å².